The lowest BCUT2D eigenvalue weighted by Gasteiger charge is -2.44. The molecule has 1 saturated heterocycles. The van der Waals surface area contributed by atoms with Gasteiger partial charge in [0.15, 0.2) is 0 Å². The second-order valence-corrected chi connectivity index (χ2v) is 6.44. The summed E-state index contributed by atoms with van der Waals surface area (Å²) in [7, 11) is 0. The van der Waals surface area contributed by atoms with Gasteiger partial charge in [0.1, 0.15) is 0 Å². The van der Waals surface area contributed by atoms with Gasteiger partial charge in [-0.2, -0.15) is 0 Å². The lowest BCUT2D eigenvalue weighted by Crippen LogP contribution is -2.54. The molecular weight excluding hydrogens is 276 g/mol. The summed E-state index contributed by atoms with van der Waals surface area (Å²) < 4.78 is 0. The number of piperidine rings is 1. The molecule has 0 aliphatic carbocycles. The van der Waals surface area contributed by atoms with E-state index in [0.29, 0.717) is 5.56 Å². The zero-order valence-corrected chi connectivity index (χ0v) is 13.3. The molecule has 2 aliphatic rings. The molecule has 118 valence electrons. The second-order valence-electron chi connectivity index (χ2n) is 6.44. The predicted molar refractivity (Wildman–Crippen MR) is 85.8 cm³/mol. The fourth-order valence-corrected chi connectivity index (χ4v) is 3.63. The normalized spacial score (nSPS) is 25.2. The minimum atomic E-state index is -0.233. The first-order valence-electron chi connectivity index (χ1n) is 8.33. The number of nitrogens with one attached hydrogen (secondary N) is 1. The number of fused-ring (bicyclic) bond motifs is 2. The minimum absolute atomic E-state index is 0.0141. The van der Waals surface area contributed by atoms with Crippen molar-refractivity contribution in [1.29, 1.82) is 0 Å². The van der Waals surface area contributed by atoms with E-state index in [1.54, 1.807) is 0 Å². The molecule has 1 fully saturated rings. The Hall–Kier alpha value is -1.84. The van der Waals surface area contributed by atoms with Crippen molar-refractivity contribution in [1.82, 2.24) is 10.2 Å². The van der Waals surface area contributed by atoms with Crippen LogP contribution in [-0.4, -0.2) is 35.3 Å². The van der Waals surface area contributed by atoms with Crippen molar-refractivity contribution < 1.29 is 9.59 Å². The van der Waals surface area contributed by atoms with Crippen LogP contribution in [0, 0.1) is 0 Å². The highest BCUT2D eigenvalue weighted by Gasteiger charge is 2.43. The molecule has 2 heterocycles. The number of rotatable bonds is 3. The Morgan fingerprint density at radius 1 is 1.36 bits per heavy atom. The minimum Gasteiger partial charge on any atom is -0.353 e. The van der Waals surface area contributed by atoms with E-state index < -0.39 is 0 Å². The molecule has 1 N–H and O–H groups in total. The summed E-state index contributed by atoms with van der Waals surface area (Å²) in [5, 5.41) is 3.11. The average Bonchev–Trinajstić information content (AvgIpc) is 2.55. The fourth-order valence-electron chi connectivity index (χ4n) is 3.63. The molecule has 2 amide bonds. The topological polar surface area (TPSA) is 49.4 Å². The molecule has 4 heteroatoms. The van der Waals surface area contributed by atoms with E-state index in [0.717, 1.165) is 37.8 Å². The molecule has 3 rings (SSSR count). The Balaban J connectivity index is 1.99. The number of amides is 2. The number of nitrogens with zero attached hydrogens (tertiary/aromatic N) is 1. The van der Waals surface area contributed by atoms with Gasteiger partial charge in [0.2, 0.25) is 5.91 Å². The molecule has 22 heavy (non-hydrogen) atoms. The van der Waals surface area contributed by atoms with Gasteiger partial charge in [0.25, 0.3) is 5.91 Å². The van der Waals surface area contributed by atoms with Crippen LogP contribution in [0.25, 0.3) is 0 Å². The molecule has 1 aromatic rings. The van der Waals surface area contributed by atoms with Crippen molar-refractivity contribution in [2.75, 3.05) is 6.54 Å². The highest BCUT2D eigenvalue weighted by molar-refractivity contribution is 6.01. The van der Waals surface area contributed by atoms with Crippen molar-refractivity contribution in [3.8, 4) is 0 Å². The molecule has 0 spiro atoms. The summed E-state index contributed by atoms with van der Waals surface area (Å²) in [5.74, 6) is -0.0812. The summed E-state index contributed by atoms with van der Waals surface area (Å²) >= 11 is 0. The summed E-state index contributed by atoms with van der Waals surface area (Å²) in [6.45, 7) is 4.86. The zero-order valence-electron chi connectivity index (χ0n) is 13.3. The number of hydrogen-bond acceptors (Lipinski definition) is 2. The third-order valence-corrected chi connectivity index (χ3v) is 5.00. The summed E-state index contributed by atoms with van der Waals surface area (Å²) in [6.07, 6.45) is 3.94. The largest absolute Gasteiger partial charge is 0.353 e. The molecule has 4 nitrogen and oxygen atoms in total. The first-order valence-corrected chi connectivity index (χ1v) is 8.33. The number of carbonyl (C=O) groups is 2. The Morgan fingerprint density at radius 2 is 2.14 bits per heavy atom. The van der Waals surface area contributed by atoms with Gasteiger partial charge in [-0.15, -0.1) is 0 Å². The highest BCUT2D eigenvalue weighted by atomic mass is 16.2. The van der Waals surface area contributed by atoms with E-state index in [2.05, 4.69) is 12.2 Å². The van der Waals surface area contributed by atoms with E-state index in [1.165, 1.54) is 0 Å². The lowest BCUT2D eigenvalue weighted by atomic mass is 9.78. The van der Waals surface area contributed by atoms with Crippen molar-refractivity contribution in [2.45, 2.75) is 57.5 Å². The van der Waals surface area contributed by atoms with Crippen LogP contribution in [-0.2, 0) is 4.79 Å². The van der Waals surface area contributed by atoms with Crippen LogP contribution in [0.5, 0.6) is 0 Å². The van der Waals surface area contributed by atoms with E-state index in [9.17, 15) is 9.59 Å². The van der Waals surface area contributed by atoms with Crippen LogP contribution in [0.4, 0.5) is 0 Å². The molecule has 3 atom stereocenters. The molecule has 0 aromatic heterocycles. The molecular formula is C18H24N2O2. The van der Waals surface area contributed by atoms with Crippen LogP contribution in [0.2, 0.25) is 0 Å². The van der Waals surface area contributed by atoms with Crippen molar-refractivity contribution in [3.63, 3.8) is 0 Å². The average molecular weight is 300 g/mol. The molecule has 1 aromatic carbocycles. The Kier molecular flexibility index (Phi) is 4.19. The van der Waals surface area contributed by atoms with Crippen LogP contribution < -0.4 is 5.32 Å². The van der Waals surface area contributed by atoms with Gasteiger partial charge >= 0.3 is 0 Å². The van der Waals surface area contributed by atoms with Gasteiger partial charge in [-0.1, -0.05) is 25.1 Å². The Labute approximate surface area is 131 Å². The van der Waals surface area contributed by atoms with Crippen molar-refractivity contribution in [3.05, 3.63) is 35.4 Å². The smallest absolute Gasteiger partial charge is 0.254 e. The zero-order chi connectivity index (χ0) is 15.7. The second kappa shape index (κ2) is 6.11. The van der Waals surface area contributed by atoms with Gasteiger partial charge in [0, 0.05) is 24.2 Å². The quantitative estimate of drug-likeness (QED) is 0.933. The summed E-state index contributed by atoms with van der Waals surface area (Å²) in [5.41, 5.74) is 1.60. The monoisotopic (exact) mass is 300 g/mol. The van der Waals surface area contributed by atoms with E-state index in [1.807, 2.05) is 36.1 Å². The van der Waals surface area contributed by atoms with Crippen LogP contribution in [0.15, 0.2) is 24.3 Å². The third kappa shape index (κ3) is 2.51. The maximum absolute atomic E-state index is 12.8. The van der Waals surface area contributed by atoms with Gasteiger partial charge in [0.05, 0.1) is 5.92 Å². The number of carbonyl (C=O) groups excluding carboxylic acids is 2. The summed E-state index contributed by atoms with van der Waals surface area (Å²) in [4.78, 5) is 27.5. The fraction of sp³-hybridized carbons (Fsp3) is 0.556. The molecule has 0 radical (unpaired) electrons. The highest BCUT2D eigenvalue weighted by Crippen LogP contribution is 2.38. The van der Waals surface area contributed by atoms with E-state index in [-0.39, 0.29) is 29.8 Å². The van der Waals surface area contributed by atoms with Gasteiger partial charge in [-0.3, -0.25) is 9.59 Å². The Bertz CT molecular complexity index is 584. The van der Waals surface area contributed by atoms with Crippen molar-refractivity contribution >= 4 is 11.8 Å². The third-order valence-electron chi connectivity index (χ3n) is 5.00. The SMILES string of the molecule is CCC(C)NC(=O)C1c2ccccc2C(=O)N2CCCCC12. The number of benzene rings is 1. The maximum Gasteiger partial charge on any atom is 0.254 e. The molecule has 3 unspecified atom stereocenters. The maximum atomic E-state index is 12.8. The first-order chi connectivity index (χ1) is 10.6. The van der Waals surface area contributed by atoms with Crippen LogP contribution in [0.1, 0.15) is 61.4 Å². The van der Waals surface area contributed by atoms with E-state index >= 15 is 0 Å². The van der Waals surface area contributed by atoms with Crippen LogP contribution in [0.3, 0.4) is 0 Å². The molecule has 0 bridgehead atoms. The standard InChI is InChI=1S/C18H24N2O2/c1-3-12(2)19-17(21)16-13-8-4-5-9-14(13)18(22)20-11-7-6-10-15(16)20/h4-5,8-9,12,15-16H,3,6-7,10-11H2,1-2H3,(H,19,21). The van der Waals surface area contributed by atoms with Gasteiger partial charge in [-0.05, 0) is 44.2 Å². The first kappa shape index (κ1) is 15.1. The molecule has 0 saturated carbocycles. The predicted octanol–water partition coefficient (Wildman–Crippen LogP) is 2.69. The Morgan fingerprint density at radius 3 is 2.91 bits per heavy atom. The molecule has 2 aliphatic heterocycles. The summed E-state index contributed by atoms with van der Waals surface area (Å²) in [6, 6.07) is 7.78. The van der Waals surface area contributed by atoms with Gasteiger partial charge < -0.3 is 10.2 Å². The number of hydrogen-bond donors (Lipinski definition) is 1. The lowest BCUT2D eigenvalue weighted by molar-refractivity contribution is -0.125. The van der Waals surface area contributed by atoms with E-state index in [4.69, 9.17) is 0 Å². The van der Waals surface area contributed by atoms with Crippen LogP contribution >= 0.6 is 0 Å². The van der Waals surface area contributed by atoms with Gasteiger partial charge in [-0.25, -0.2) is 0 Å². The van der Waals surface area contributed by atoms with Crippen molar-refractivity contribution in [2.24, 2.45) is 0 Å².